The van der Waals surface area contributed by atoms with Crippen molar-refractivity contribution in [2.75, 3.05) is 6.61 Å². The first kappa shape index (κ1) is 16.6. The number of amides is 1. The lowest BCUT2D eigenvalue weighted by atomic mass is 10.2. The van der Waals surface area contributed by atoms with Crippen molar-refractivity contribution >= 4 is 29.1 Å². The van der Waals surface area contributed by atoms with Crippen LogP contribution in [0.1, 0.15) is 10.4 Å². The minimum atomic E-state index is -0.590. The Morgan fingerprint density at radius 1 is 1.48 bits per heavy atom. The van der Waals surface area contributed by atoms with Gasteiger partial charge in [-0.2, -0.15) is 9.49 Å². The fraction of sp³-hybridized carbons (Fsp3) is 0.143. The zero-order chi connectivity index (χ0) is 16.8. The molecule has 2 rings (SSSR count). The van der Waals surface area contributed by atoms with Gasteiger partial charge in [-0.3, -0.25) is 14.9 Å². The fourth-order valence-corrected chi connectivity index (χ4v) is 2.24. The summed E-state index contributed by atoms with van der Waals surface area (Å²) in [7, 11) is 0. The van der Waals surface area contributed by atoms with E-state index >= 15 is 0 Å². The van der Waals surface area contributed by atoms with Gasteiger partial charge in [0.2, 0.25) is 0 Å². The molecule has 0 aliphatic carbocycles. The number of carbonyl (C=O) groups is 1. The van der Waals surface area contributed by atoms with Crippen LogP contribution in [-0.4, -0.2) is 23.7 Å². The predicted octanol–water partition coefficient (Wildman–Crippen LogP) is 2.63. The van der Waals surface area contributed by atoms with Gasteiger partial charge in [0, 0.05) is 6.07 Å². The molecular weight excluding hydrogens is 325 g/mol. The topological polar surface area (TPSA) is 93.8 Å². The van der Waals surface area contributed by atoms with Crippen LogP contribution in [0.5, 0.6) is 5.75 Å². The fourth-order valence-electron chi connectivity index (χ4n) is 1.63. The molecule has 9 heteroatoms. The van der Waals surface area contributed by atoms with Crippen molar-refractivity contribution in [2.45, 2.75) is 6.92 Å². The summed E-state index contributed by atoms with van der Waals surface area (Å²) in [5.41, 5.74) is 2.69. The van der Waals surface area contributed by atoms with Gasteiger partial charge in [0.1, 0.15) is 0 Å². The number of nitro benzene ring substituents is 1. The summed E-state index contributed by atoms with van der Waals surface area (Å²) >= 11 is 0.883. The SMILES string of the molecule is Cc1ccc(OCC(=O)N/N=C\c2ccc(F)s2)c([N+](=O)[O-])c1. The van der Waals surface area contributed by atoms with Crippen molar-refractivity contribution in [1.29, 1.82) is 0 Å². The van der Waals surface area contributed by atoms with Crippen LogP contribution in [0.4, 0.5) is 10.1 Å². The predicted molar refractivity (Wildman–Crippen MR) is 83.3 cm³/mol. The third-order valence-corrected chi connectivity index (χ3v) is 3.45. The summed E-state index contributed by atoms with van der Waals surface area (Å²) in [4.78, 5) is 22.5. The van der Waals surface area contributed by atoms with Crippen molar-refractivity contribution in [2.24, 2.45) is 5.10 Å². The van der Waals surface area contributed by atoms with Gasteiger partial charge in [-0.25, -0.2) is 5.43 Å². The molecule has 0 bridgehead atoms. The van der Waals surface area contributed by atoms with E-state index in [0.717, 1.165) is 11.3 Å². The molecule has 23 heavy (non-hydrogen) atoms. The first-order valence-electron chi connectivity index (χ1n) is 6.41. The average Bonchev–Trinajstić information content (AvgIpc) is 2.91. The number of hydrogen-bond acceptors (Lipinski definition) is 6. The minimum Gasteiger partial charge on any atom is -0.477 e. The summed E-state index contributed by atoms with van der Waals surface area (Å²) in [5.74, 6) is -0.590. The molecule has 0 saturated carbocycles. The number of hydrazone groups is 1. The third kappa shape index (κ3) is 4.85. The van der Waals surface area contributed by atoms with Gasteiger partial charge in [-0.05, 0) is 30.7 Å². The highest BCUT2D eigenvalue weighted by Crippen LogP contribution is 2.27. The molecule has 0 aliphatic rings. The molecular formula is C14H12FN3O4S. The maximum Gasteiger partial charge on any atom is 0.311 e. The van der Waals surface area contributed by atoms with Crippen LogP contribution in [0.3, 0.4) is 0 Å². The molecule has 0 fully saturated rings. The number of nitrogens with one attached hydrogen (secondary N) is 1. The van der Waals surface area contributed by atoms with Crippen molar-refractivity contribution in [3.63, 3.8) is 0 Å². The number of thiophene rings is 1. The van der Waals surface area contributed by atoms with Gasteiger partial charge >= 0.3 is 5.69 Å². The van der Waals surface area contributed by atoms with Crippen LogP contribution >= 0.6 is 11.3 Å². The first-order valence-corrected chi connectivity index (χ1v) is 7.22. The summed E-state index contributed by atoms with van der Waals surface area (Å²) in [6.07, 6.45) is 1.29. The van der Waals surface area contributed by atoms with Crippen molar-refractivity contribution in [1.82, 2.24) is 5.43 Å². The van der Waals surface area contributed by atoms with Gasteiger partial charge in [0.25, 0.3) is 5.91 Å². The number of ether oxygens (including phenoxy) is 1. The Morgan fingerprint density at radius 2 is 2.26 bits per heavy atom. The Bertz CT molecular complexity index is 760. The maximum atomic E-state index is 12.7. The van der Waals surface area contributed by atoms with E-state index in [0.29, 0.717) is 10.4 Å². The lowest BCUT2D eigenvalue weighted by Crippen LogP contribution is -2.24. The number of nitrogens with zero attached hydrogens (tertiary/aromatic N) is 2. The second kappa shape index (κ2) is 7.45. The number of hydrogen-bond donors (Lipinski definition) is 1. The van der Waals surface area contributed by atoms with Crippen LogP contribution in [0.2, 0.25) is 0 Å². The minimum absolute atomic E-state index is 0.0000532. The van der Waals surface area contributed by atoms with Gasteiger partial charge < -0.3 is 4.74 Å². The van der Waals surface area contributed by atoms with E-state index in [9.17, 15) is 19.3 Å². The quantitative estimate of drug-likeness (QED) is 0.498. The van der Waals surface area contributed by atoms with E-state index in [-0.39, 0.29) is 16.6 Å². The number of rotatable bonds is 6. The van der Waals surface area contributed by atoms with Gasteiger partial charge in [0.05, 0.1) is 16.0 Å². The molecule has 1 amide bonds. The second-order valence-electron chi connectivity index (χ2n) is 4.45. The Balaban J connectivity index is 1.89. The van der Waals surface area contributed by atoms with E-state index in [2.05, 4.69) is 10.5 Å². The van der Waals surface area contributed by atoms with Crippen LogP contribution in [-0.2, 0) is 4.79 Å². The molecule has 0 atom stereocenters. The number of halogens is 1. The van der Waals surface area contributed by atoms with Crippen molar-refractivity contribution in [3.8, 4) is 5.75 Å². The second-order valence-corrected chi connectivity index (χ2v) is 5.52. The van der Waals surface area contributed by atoms with Crippen LogP contribution in [0, 0.1) is 22.2 Å². The molecule has 1 N–H and O–H groups in total. The number of aryl methyl sites for hydroxylation is 1. The molecule has 0 unspecified atom stereocenters. The molecule has 1 aromatic carbocycles. The van der Waals surface area contributed by atoms with Crippen LogP contribution < -0.4 is 10.2 Å². The number of carbonyl (C=O) groups excluding carboxylic acids is 1. The van der Waals surface area contributed by atoms with E-state index in [1.165, 1.54) is 30.5 Å². The molecule has 1 heterocycles. The highest BCUT2D eigenvalue weighted by atomic mass is 32.1. The Hall–Kier alpha value is -2.81. The Labute approximate surface area is 134 Å². The largest absolute Gasteiger partial charge is 0.477 e. The van der Waals surface area contributed by atoms with E-state index in [1.807, 2.05) is 0 Å². The average molecular weight is 337 g/mol. The Morgan fingerprint density at radius 3 is 2.91 bits per heavy atom. The van der Waals surface area contributed by atoms with Crippen LogP contribution in [0.15, 0.2) is 35.4 Å². The number of nitro groups is 1. The summed E-state index contributed by atoms with van der Waals surface area (Å²) in [5, 5.41) is 14.2. The highest BCUT2D eigenvalue weighted by Gasteiger charge is 2.16. The summed E-state index contributed by atoms with van der Waals surface area (Å²) < 4.78 is 17.9. The van der Waals surface area contributed by atoms with Gasteiger partial charge in [-0.1, -0.05) is 6.07 Å². The Kier molecular flexibility index (Phi) is 5.36. The molecule has 0 aliphatic heterocycles. The summed E-state index contributed by atoms with van der Waals surface area (Å²) in [6, 6.07) is 7.23. The molecule has 2 aromatic rings. The van der Waals surface area contributed by atoms with E-state index in [1.54, 1.807) is 13.0 Å². The molecule has 0 radical (unpaired) electrons. The molecule has 0 saturated heterocycles. The zero-order valence-corrected chi connectivity index (χ0v) is 12.8. The molecule has 120 valence electrons. The van der Waals surface area contributed by atoms with Crippen molar-refractivity contribution in [3.05, 3.63) is 56.0 Å². The molecule has 7 nitrogen and oxygen atoms in total. The summed E-state index contributed by atoms with van der Waals surface area (Å²) in [6.45, 7) is 1.28. The zero-order valence-electron chi connectivity index (χ0n) is 12.0. The van der Waals surface area contributed by atoms with Crippen molar-refractivity contribution < 1.29 is 18.8 Å². The third-order valence-electron chi connectivity index (χ3n) is 2.64. The molecule has 0 spiro atoms. The van der Waals surface area contributed by atoms with Gasteiger partial charge in [0.15, 0.2) is 17.5 Å². The number of benzene rings is 1. The van der Waals surface area contributed by atoms with E-state index < -0.39 is 17.4 Å². The monoisotopic (exact) mass is 337 g/mol. The lowest BCUT2D eigenvalue weighted by Gasteiger charge is -2.06. The normalized spacial score (nSPS) is 10.7. The van der Waals surface area contributed by atoms with Gasteiger partial charge in [-0.15, -0.1) is 11.3 Å². The smallest absolute Gasteiger partial charge is 0.311 e. The van der Waals surface area contributed by atoms with E-state index in [4.69, 9.17) is 4.74 Å². The molecule has 1 aromatic heterocycles. The van der Waals surface area contributed by atoms with Crippen LogP contribution in [0.25, 0.3) is 0 Å². The first-order chi connectivity index (χ1) is 11.0. The standard InChI is InChI=1S/C14H12FN3O4S/c1-9-2-4-12(11(6-9)18(20)21)22-8-14(19)17-16-7-10-3-5-13(15)23-10/h2-7H,8H2,1H3,(H,17,19)/b16-7-. The maximum absolute atomic E-state index is 12.7. The lowest BCUT2D eigenvalue weighted by molar-refractivity contribution is -0.385. The highest BCUT2D eigenvalue weighted by molar-refractivity contribution is 7.12.